The topological polar surface area (TPSA) is 43.4 Å². The van der Waals surface area contributed by atoms with Crippen LogP contribution in [0.15, 0.2) is 18.2 Å². The highest BCUT2D eigenvalue weighted by Crippen LogP contribution is 2.43. The number of carbonyl (C=O) groups is 2. The number of ketones is 1. The minimum atomic E-state index is -1.10. The molecule has 1 saturated heterocycles. The molecule has 1 heterocycles. The molecule has 0 unspecified atom stereocenters. The molecule has 0 radical (unpaired) electrons. The number of rotatable bonds is 2. The van der Waals surface area contributed by atoms with Crippen molar-refractivity contribution < 1.29 is 14.3 Å². The Bertz CT molecular complexity index is 566. The van der Waals surface area contributed by atoms with E-state index in [1.54, 1.807) is 32.0 Å². The molecule has 0 N–H and O–H groups in total. The average molecular weight is 315 g/mol. The van der Waals surface area contributed by atoms with Gasteiger partial charge in [-0.25, -0.2) is 0 Å². The lowest BCUT2D eigenvalue weighted by molar-refractivity contribution is -0.179. The molecule has 1 fully saturated rings. The van der Waals surface area contributed by atoms with Crippen molar-refractivity contribution in [2.75, 3.05) is 0 Å². The molecule has 20 heavy (non-hydrogen) atoms. The van der Waals surface area contributed by atoms with Gasteiger partial charge in [0.2, 0.25) is 0 Å². The predicted octanol–water partition coefficient (Wildman–Crippen LogP) is 4.21. The van der Waals surface area contributed by atoms with Gasteiger partial charge in [-0.05, 0) is 32.4 Å². The van der Waals surface area contributed by atoms with E-state index in [0.29, 0.717) is 22.0 Å². The maximum Gasteiger partial charge on any atom is 0.319 e. The molecule has 1 aromatic carbocycles. The summed E-state index contributed by atoms with van der Waals surface area (Å²) in [6.07, 6.45) is -0.0584. The van der Waals surface area contributed by atoms with Gasteiger partial charge in [-0.3, -0.25) is 9.59 Å². The van der Waals surface area contributed by atoms with Crippen LogP contribution in [0.3, 0.4) is 0 Å². The SMILES string of the molecule is CC[C@@H]1C(=O)C(C)(C)C(=O)O[C@H]1c1ccc(Cl)cc1Cl. The largest absolute Gasteiger partial charge is 0.456 e. The first-order valence-electron chi connectivity index (χ1n) is 6.49. The summed E-state index contributed by atoms with van der Waals surface area (Å²) >= 11 is 12.0. The molecule has 3 nitrogen and oxygen atoms in total. The zero-order valence-electron chi connectivity index (χ0n) is 11.6. The van der Waals surface area contributed by atoms with Crippen LogP contribution < -0.4 is 0 Å². The number of benzene rings is 1. The number of halogens is 2. The van der Waals surface area contributed by atoms with Crippen LogP contribution in [0.4, 0.5) is 0 Å². The molecule has 0 bridgehead atoms. The third-order valence-electron chi connectivity index (χ3n) is 3.77. The minimum absolute atomic E-state index is 0.104. The van der Waals surface area contributed by atoms with Crippen molar-refractivity contribution in [1.29, 1.82) is 0 Å². The van der Waals surface area contributed by atoms with Crippen molar-refractivity contribution in [2.45, 2.75) is 33.3 Å². The number of hydrogen-bond donors (Lipinski definition) is 0. The second-order valence-electron chi connectivity index (χ2n) is 5.50. The molecule has 1 aliphatic rings. The van der Waals surface area contributed by atoms with E-state index in [0.717, 1.165) is 0 Å². The first-order chi connectivity index (χ1) is 9.28. The lowest BCUT2D eigenvalue weighted by Crippen LogP contribution is -2.47. The molecule has 0 saturated carbocycles. The first kappa shape index (κ1) is 15.3. The lowest BCUT2D eigenvalue weighted by atomic mass is 9.74. The maximum absolute atomic E-state index is 12.5. The van der Waals surface area contributed by atoms with Gasteiger partial charge in [-0.2, -0.15) is 0 Å². The van der Waals surface area contributed by atoms with Gasteiger partial charge in [0.1, 0.15) is 11.5 Å². The Morgan fingerprint density at radius 3 is 2.45 bits per heavy atom. The molecule has 108 valence electrons. The van der Waals surface area contributed by atoms with E-state index in [-0.39, 0.29) is 11.7 Å². The smallest absolute Gasteiger partial charge is 0.319 e. The number of hydrogen-bond acceptors (Lipinski definition) is 3. The molecule has 1 aliphatic heterocycles. The molecule has 0 aromatic heterocycles. The van der Waals surface area contributed by atoms with E-state index >= 15 is 0 Å². The maximum atomic E-state index is 12.5. The van der Waals surface area contributed by atoms with E-state index in [1.807, 2.05) is 6.92 Å². The normalized spacial score (nSPS) is 25.4. The van der Waals surface area contributed by atoms with E-state index in [9.17, 15) is 9.59 Å². The van der Waals surface area contributed by atoms with Crippen molar-refractivity contribution in [2.24, 2.45) is 11.3 Å². The second kappa shape index (κ2) is 5.38. The summed E-state index contributed by atoms with van der Waals surface area (Å²) in [6, 6.07) is 4.97. The Morgan fingerprint density at radius 1 is 1.25 bits per heavy atom. The summed E-state index contributed by atoms with van der Waals surface area (Å²) in [5, 5.41) is 0.904. The standard InChI is InChI=1S/C15H16Cl2O3/c1-4-9-12(10-6-5-8(16)7-11(10)17)20-14(19)15(2,3)13(9)18/h5-7,9,12H,4H2,1-3H3/t9-,12+/m0/s1. The van der Waals surface area contributed by atoms with Crippen molar-refractivity contribution in [3.05, 3.63) is 33.8 Å². The Labute approximate surface area is 128 Å². The number of esters is 1. The van der Waals surface area contributed by atoms with Crippen LogP contribution in [0, 0.1) is 11.3 Å². The minimum Gasteiger partial charge on any atom is -0.456 e. The summed E-state index contributed by atoms with van der Waals surface area (Å²) < 4.78 is 5.49. The zero-order valence-corrected chi connectivity index (χ0v) is 13.1. The van der Waals surface area contributed by atoms with Gasteiger partial charge in [0.25, 0.3) is 0 Å². The highest BCUT2D eigenvalue weighted by atomic mass is 35.5. The fraction of sp³-hybridized carbons (Fsp3) is 0.467. The molecular formula is C15H16Cl2O3. The Kier molecular flexibility index (Phi) is 4.12. The van der Waals surface area contributed by atoms with Crippen molar-refractivity contribution >= 4 is 35.0 Å². The summed E-state index contributed by atoms with van der Waals surface area (Å²) in [4.78, 5) is 24.5. The van der Waals surface area contributed by atoms with Crippen LogP contribution >= 0.6 is 23.2 Å². The van der Waals surface area contributed by atoms with Gasteiger partial charge < -0.3 is 4.74 Å². The molecule has 0 spiro atoms. The Balaban J connectivity index is 2.45. The van der Waals surface area contributed by atoms with Crippen LogP contribution in [-0.2, 0) is 14.3 Å². The third-order valence-corrected chi connectivity index (χ3v) is 4.33. The van der Waals surface area contributed by atoms with Crippen molar-refractivity contribution in [3.8, 4) is 0 Å². The monoisotopic (exact) mass is 314 g/mol. The Hall–Kier alpha value is -1.06. The molecule has 0 amide bonds. The quantitative estimate of drug-likeness (QED) is 0.606. The lowest BCUT2D eigenvalue weighted by Gasteiger charge is -2.38. The average Bonchev–Trinajstić information content (AvgIpc) is 2.36. The van der Waals surface area contributed by atoms with Crippen molar-refractivity contribution in [3.63, 3.8) is 0 Å². The van der Waals surface area contributed by atoms with Gasteiger partial charge in [-0.1, -0.05) is 36.2 Å². The van der Waals surface area contributed by atoms with Crippen LogP contribution in [0.5, 0.6) is 0 Å². The van der Waals surface area contributed by atoms with Gasteiger partial charge in [-0.15, -0.1) is 0 Å². The molecule has 2 atom stereocenters. The predicted molar refractivity (Wildman–Crippen MR) is 77.9 cm³/mol. The van der Waals surface area contributed by atoms with Gasteiger partial charge >= 0.3 is 5.97 Å². The number of carbonyl (C=O) groups excluding carboxylic acids is 2. The van der Waals surface area contributed by atoms with Gasteiger partial charge in [0.05, 0.1) is 5.92 Å². The van der Waals surface area contributed by atoms with Gasteiger partial charge in [0.15, 0.2) is 5.78 Å². The van der Waals surface area contributed by atoms with Crippen LogP contribution in [-0.4, -0.2) is 11.8 Å². The number of cyclic esters (lactones) is 1. The van der Waals surface area contributed by atoms with E-state index < -0.39 is 17.5 Å². The van der Waals surface area contributed by atoms with Crippen LogP contribution in [0.2, 0.25) is 10.0 Å². The van der Waals surface area contributed by atoms with E-state index in [1.165, 1.54) is 0 Å². The van der Waals surface area contributed by atoms with Gasteiger partial charge in [0, 0.05) is 15.6 Å². The summed E-state index contributed by atoms with van der Waals surface area (Å²) in [6.45, 7) is 5.09. The van der Waals surface area contributed by atoms with Crippen LogP contribution in [0.1, 0.15) is 38.9 Å². The van der Waals surface area contributed by atoms with E-state index in [4.69, 9.17) is 27.9 Å². The highest BCUT2D eigenvalue weighted by molar-refractivity contribution is 6.35. The van der Waals surface area contributed by atoms with E-state index in [2.05, 4.69) is 0 Å². The second-order valence-corrected chi connectivity index (χ2v) is 6.34. The Morgan fingerprint density at radius 2 is 1.90 bits per heavy atom. The van der Waals surface area contributed by atoms with Crippen LogP contribution in [0.25, 0.3) is 0 Å². The third kappa shape index (κ3) is 2.45. The summed E-state index contributed by atoms with van der Waals surface area (Å²) in [7, 11) is 0. The number of Topliss-reactive ketones (excluding diaryl/α,β-unsaturated/α-hetero) is 1. The molecule has 2 rings (SSSR count). The molecule has 1 aromatic rings. The summed E-state index contributed by atoms with van der Waals surface area (Å²) in [5.74, 6) is -1.00. The fourth-order valence-electron chi connectivity index (χ4n) is 2.46. The number of ether oxygens (including phenoxy) is 1. The first-order valence-corrected chi connectivity index (χ1v) is 7.25. The van der Waals surface area contributed by atoms with Crippen molar-refractivity contribution in [1.82, 2.24) is 0 Å². The molecule has 0 aliphatic carbocycles. The molecule has 5 heteroatoms. The molecular weight excluding hydrogens is 299 g/mol. The highest BCUT2D eigenvalue weighted by Gasteiger charge is 2.50. The summed E-state index contributed by atoms with van der Waals surface area (Å²) in [5.41, 5.74) is -0.476. The zero-order chi connectivity index (χ0) is 15.1. The fourth-order valence-corrected chi connectivity index (χ4v) is 2.97.